The summed E-state index contributed by atoms with van der Waals surface area (Å²) in [4.78, 5) is 46.3. The summed E-state index contributed by atoms with van der Waals surface area (Å²) in [5, 5.41) is 5.10. The van der Waals surface area contributed by atoms with Gasteiger partial charge in [-0.3, -0.25) is 9.13 Å². The van der Waals surface area contributed by atoms with Gasteiger partial charge in [0, 0.05) is 7.11 Å². The lowest BCUT2D eigenvalue weighted by molar-refractivity contribution is -0.155. The molecule has 11 nitrogen and oxygen atoms in total. The Labute approximate surface area is 113 Å². The van der Waals surface area contributed by atoms with Crippen LogP contribution < -0.4 is 0 Å². The molecule has 0 aromatic rings. The SMILES string of the molecule is COCCOCCOC(=O)C(O)(P(=O)(O)O)P(=O)(O)O. The third kappa shape index (κ3) is 4.88. The first-order valence-electron chi connectivity index (χ1n) is 5.06. The highest BCUT2D eigenvalue weighted by atomic mass is 31.2. The molecule has 0 spiro atoms. The fourth-order valence-electron chi connectivity index (χ4n) is 0.942. The molecule has 0 bridgehead atoms. The van der Waals surface area contributed by atoms with E-state index in [0.717, 1.165) is 0 Å². The van der Waals surface area contributed by atoms with E-state index in [1.165, 1.54) is 7.11 Å². The van der Waals surface area contributed by atoms with E-state index in [9.17, 15) is 19.0 Å². The van der Waals surface area contributed by atoms with Crippen molar-refractivity contribution >= 4 is 21.2 Å². The zero-order chi connectivity index (χ0) is 16.0. The van der Waals surface area contributed by atoms with Crippen LogP contribution in [0.3, 0.4) is 0 Å². The van der Waals surface area contributed by atoms with Gasteiger partial charge in [-0.2, -0.15) is 0 Å². The summed E-state index contributed by atoms with van der Waals surface area (Å²) in [7, 11) is -10.3. The number of rotatable bonds is 9. The fraction of sp³-hybridized carbons (Fsp3) is 0.857. The molecule has 0 aliphatic heterocycles. The van der Waals surface area contributed by atoms with Gasteiger partial charge < -0.3 is 38.9 Å². The first kappa shape index (κ1) is 19.7. The van der Waals surface area contributed by atoms with Crippen LogP contribution in [0.4, 0.5) is 0 Å². The van der Waals surface area contributed by atoms with Crippen molar-refractivity contribution in [3.05, 3.63) is 0 Å². The maximum Gasteiger partial charge on any atom is 0.381 e. The third-order valence-electron chi connectivity index (χ3n) is 1.98. The highest BCUT2D eigenvalue weighted by molar-refractivity contribution is 7.73. The lowest BCUT2D eigenvalue weighted by Gasteiger charge is -2.26. The molecule has 0 saturated heterocycles. The number of carbonyl (C=O) groups excluding carboxylic acids is 1. The number of ether oxygens (including phenoxy) is 3. The average molecular weight is 338 g/mol. The minimum Gasteiger partial charge on any atom is -0.460 e. The highest BCUT2D eigenvalue weighted by Crippen LogP contribution is 2.67. The van der Waals surface area contributed by atoms with Crippen LogP contribution in [0, 0.1) is 0 Å². The first-order valence-corrected chi connectivity index (χ1v) is 8.28. The van der Waals surface area contributed by atoms with Crippen LogP contribution in [0.5, 0.6) is 0 Å². The van der Waals surface area contributed by atoms with Gasteiger partial charge in [0.15, 0.2) is 0 Å². The van der Waals surface area contributed by atoms with Gasteiger partial charge in [-0.05, 0) is 0 Å². The van der Waals surface area contributed by atoms with Crippen LogP contribution in [0.2, 0.25) is 0 Å². The summed E-state index contributed by atoms with van der Waals surface area (Å²) in [6.07, 6.45) is 0. The number of hydrogen-bond acceptors (Lipinski definition) is 7. The maximum atomic E-state index is 11.3. The van der Waals surface area contributed by atoms with Gasteiger partial charge in [0.05, 0.1) is 19.8 Å². The Hall–Kier alpha value is -0.350. The number of hydrogen-bond donors (Lipinski definition) is 5. The Kier molecular flexibility index (Phi) is 7.47. The van der Waals surface area contributed by atoms with E-state index in [4.69, 9.17) is 24.3 Å². The minimum absolute atomic E-state index is 0.148. The number of aliphatic hydroxyl groups is 1. The van der Waals surface area contributed by atoms with Crippen LogP contribution >= 0.6 is 15.2 Å². The molecule has 0 aromatic heterocycles. The molecule has 0 amide bonds. The molecule has 0 unspecified atom stereocenters. The lowest BCUT2D eigenvalue weighted by Crippen LogP contribution is -2.40. The van der Waals surface area contributed by atoms with E-state index in [1.54, 1.807) is 0 Å². The van der Waals surface area contributed by atoms with Crippen molar-refractivity contribution < 1.29 is 52.8 Å². The van der Waals surface area contributed by atoms with Crippen molar-refractivity contribution in [3.8, 4) is 0 Å². The van der Waals surface area contributed by atoms with Gasteiger partial charge in [-0.15, -0.1) is 0 Å². The number of methoxy groups -OCH3 is 1. The molecule has 0 atom stereocenters. The predicted molar refractivity (Wildman–Crippen MR) is 62.7 cm³/mol. The maximum absolute atomic E-state index is 11.3. The molecule has 0 aliphatic rings. The van der Waals surface area contributed by atoms with Gasteiger partial charge >= 0.3 is 26.2 Å². The quantitative estimate of drug-likeness (QED) is 0.182. The highest BCUT2D eigenvalue weighted by Gasteiger charge is 2.67. The third-order valence-corrected chi connectivity index (χ3v) is 5.53. The minimum atomic E-state index is -5.87. The Morgan fingerprint density at radius 3 is 1.85 bits per heavy atom. The molecule has 0 rings (SSSR count). The average Bonchev–Trinajstić information content (AvgIpc) is 2.29. The first-order chi connectivity index (χ1) is 8.98. The van der Waals surface area contributed by atoms with Gasteiger partial charge in [0.2, 0.25) is 0 Å². The monoisotopic (exact) mass is 338 g/mol. The molecule has 13 heteroatoms. The molecule has 0 heterocycles. The van der Waals surface area contributed by atoms with Crippen LogP contribution in [0.1, 0.15) is 0 Å². The van der Waals surface area contributed by atoms with Crippen molar-refractivity contribution in [1.29, 1.82) is 0 Å². The molecule has 0 aliphatic carbocycles. The topological polar surface area (TPSA) is 180 Å². The van der Waals surface area contributed by atoms with E-state index in [2.05, 4.69) is 9.47 Å². The summed E-state index contributed by atoms with van der Waals surface area (Å²) in [5.74, 6) is -2.13. The van der Waals surface area contributed by atoms with Gasteiger partial charge in [-0.1, -0.05) is 0 Å². The Balaban J connectivity index is 4.63. The molecule has 0 saturated carbocycles. The molecule has 120 valence electrons. The zero-order valence-electron chi connectivity index (χ0n) is 10.4. The van der Waals surface area contributed by atoms with Crippen LogP contribution in [0.25, 0.3) is 0 Å². The van der Waals surface area contributed by atoms with E-state index < -0.39 is 32.9 Å². The van der Waals surface area contributed by atoms with Crippen molar-refractivity contribution in [1.82, 2.24) is 0 Å². The normalized spacial score (nSPS) is 13.3. The van der Waals surface area contributed by atoms with Crippen molar-refractivity contribution in [2.45, 2.75) is 5.08 Å². The van der Waals surface area contributed by atoms with E-state index >= 15 is 0 Å². The summed E-state index contributed by atoms with van der Waals surface area (Å²) < 4.78 is 35.5. The van der Waals surface area contributed by atoms with Crippen LogP contribution in [-0.2, 0) is 28.1 Å². The molecule has 20 heavy (non-hydrogen) atoms. The molecular formula is C7H16O11P2. The molecule has 5 N–H and O–H groups in total. The fourth-order valence-corrected chi connectivity index (χ4v) is 2.90. The molecular weight excluding hydrogens is 322 g/mol. The second-order valence-electron chi connectivity index (χ2n) is 3.46. The van der Waals surface area contributed by atoms with Crippen molar-refractivity contribution in [2.75, 3.05) is 33.5 Å². The van der Waals surface area contributed by atoms with E-state index in [1.807, 2.05) is 0 Å². The van der Waals surface area contributed by atoms with E-state index in [-0.39, 0.29) is 19.8 Å². The van der Waals surface area contributed by atoms with Gasteiger partial charge in [-0.25, -0.2) is 4.79 Å². The smallest absolute Gasteiger partial charge is 0.381 e. The van der Waals surface area contributed by atoms with Crippen LogP contribution in [0.15, 0.2) is 0 Å². The Morgan fingerprint density at radius 2 is 1.45 bits per heavy atom. The predicted octanol–water partition coefficient (Wildman–Crippen LogP) is -1.81. The molecule has 0 fully saturated rings. The van der Waals surface area contributed by atoms with Crippen LogP contribution in [-0.4, -0.2) is 69.3 Å². The van der Waals surface area contributed by atoms with Gasteiger partial charge in [0.1, 0.15) is 6.61 Å². The molecule has 0 aromatic carbocycles. The largest absolute Gasteiger partial charge is 0.460 e. The Morgan fingerprint density at radius 1 is 1.00 bits per heavy atom. The standard InChI is InChI=1S/C7H16O11P2/c1-16-2-3-17-4-5-18-6(8)7(9,19(10,11)12)20(13,14)15/h9H,2-5H2,1H3,(H2,10,11,12)(H2,13,14,15). The number of carbonyl (C=O) groups is 1. The molecule has 0 radical (unpaired) electrons. The van der Waals surface area contributed by atoms with Crippen molar-refractivity contribution in [3.63, 3.8) is 0 Å². The summed E-state index contributed by atoms with van der Waals surface area (Å²) >= 11 is 0. The summed E-state index contributed by atoms with van der Waals surface area (Å²) in [6, 6.07) is 0. The second kappa shape index (κ2) is 7.60. The summed E-state index contributed by atoms with van der Waals surface area (Å²) in [5.41, 5.74) is 0. The number of esters is 1. The Bertz CT molecular complexity index is 387. The lowest BCUT2D eigenvalue weighted by atomic mass is 10.6. The second-order valence-corrected chi connectivity index (χ2v) is 7.29. The van der Waals surface area contributed by atoms with Gasteiger partial charge in [0.25, 0.3) is 0 Å². The van der Waals surface area contributed by atoms with Crippen molar-refractivity contribution in [2.24, 2.45) is 0 Å². The summed E-state index contributed by atoms with van der Waals surface area (Å²) in [6.45, 7) is -0.378. The van der Waals surface area contributed by atoms with E-state index in [0.29, 0.717) is 0 Å². The zero-order valence-corrected chi connectivity index (χ0v) is 12.2.